The Morgan fingerprint density at radius 2 is 1.57 bits per heavy atom. The molecule has 0 spiro atoms. The van der Waals surface area contributed by atoms with Crippen molar-refractivity contribution in [3.63, 3.8) is 0 Å². The second kappa shape index (κ2) is 14.4. The zero-order chi connectivity index (χ0) is 30.9. The van der Waals surface area contributed by atoms with Gasteiger partial charge in [-0.3, -0.25) is 0 Å². The summed E-state index contributed by atoms with van der Waals surface area (Å²) in [5.74, 6) is 1.02. The van der Waals surface area contributed by atoms with Gasteiger partial charge in [-0.05, 0) is 56.7 Å². The Balaban J connectivity index is 1.81. The number of rotatable bonds is 10. The number of guanidine groups is 1. The van der Waals surface area contributed by atoms with Gasteiger partial charge < -0.3 is 19.7 Å². The van der Waals surface area contributed by atoms with Crippen LogP contribution < -0.4 is 10.1 Å². The number of carbonyl (C=O) groups excluding carboxylic acids is 1. The molecule has 0 aliphatic rings. The van der Waals surface area contributed by atoms with Crippen molar-refractivity contribution in [1.82, 2.24) is 15.1 Å². The van der Waals surface area contributed by atoms with Gasteiger partial charge in [0.05, 0.1) is 24.3 Å². The Morgan fingerprint density at radius 3 is 2.18 bits per heavy atom. The number of aromatic nitrogens is 2. The number of benzene rings is 3. The number of aliphatic imine (C=N–C) groups is 1. The Hall–Kier alpha value is -5.02. The average molecular weight is 606 g/mol. The molecular formula is C35H35N5O3S. The lowest BCUT2D eigenvalue weighted by Crippen LogP contribution is -2.36. The molecule has 44 heavy (non-hydrogen) atoms. The molecule has 0 radical (unpaired) electrons. The molecular weight excluding hydrogens is 570 g/mol. The molecule has 9 heteroatoms. The van der Waals surface area contributed by atoms with Gasteiger partial charge in [0, 0.05) is 41.4 Å². The number of hydrogen-bond donors (Lipinski definition) is 1. The average Bonchev–Trinajstić information content (AvgIpc) is 3.42. The van der Waals surface area contributed by atoms with Crippen LogP contribution in [0.5, 0.6) is 5.75 Å². The van der Waals surface area contributed by atoms with Gasteiger partial charge in [-0.1, -0.05) is 60.7 Å². The molecule has 0 atom stereocenters. The van der Waals surface area contributed by atoms with E-state index in [1.807, 2.05) is 72.8 Å². The van der Waals surface area contributed by atoms with E-state index in [0.717, 1.165) is 57.2 Å². The fourth-order valence-corrected chi connectivity index (χ4v) is 5.81. The monoisotopic (exact) mass is 605 g/mol. The number of fused-ring (bicyclic) bond motifs is 1. The molecule has 224 valence electrons. The Bertz CT molecular complexity index is 1760. The van der Waals surface area contributed by atoms with Gasteiger partial charge >= 0.3 is 5.97 Å². The van der Waals surface area contributed by atoms with Crippen LogP contribution in [-0.4, -0.2) is 53.8 Å². The minimum atomic E-state index is -0.417. The van der Waals surface area contributed by atoms with Crippen LogP contribution in [-0.2, 0) is 9.53 Å². The molecule has 1 N–H and O–H groups in total. The maximum absolute atomic E-state index is 12.4. The third-order valence-corrected chi connectivity index (χ3v) is 8.04. The Labute approximate surface area is 261 Å². The SMILES string of the molecule is CCOC(=O)/C=C/c1sc2nnc(-c3ccccc3)c(-c3ccccc3)c2c1N=C(Nc1ccc(OC)cc1)N(CC)CC. The predicted molar refractivity (Wildman–Crippen MR) is 181 cm³/mol. The molecule has 5 aromatic rings. The molecule has 0 aliphatic carbocycles. The van der Waals surface area contributed by atoms with Crippen molar-refractivity contribution < 1.29 is 14.3 Å². The molecule has 0 aliphatic heterocycles. The highest BCUT2D eigenvalue weighted by molar-refractivity contribution is 7.20. The Kier molecular flexibility index (Phi) is 9.99. The third-order valence-electron chi connectivity index (χ3n) is 7.01. The molecule has 3 aromatic carbocycles. The van der Waals surface area contributed by atoms with Crippen LogP contribution in [0, 0.1) is 0 Å². The number of esters is 1. The predicted octanol–water partition coefficient (Wildman–Crippen LogP) is 8.05. The van der Waals surface area contributed by atoms with Gasteiger partial charge in [-0.15, -0.1) is 21.5 Å². The van der Waals surface area contributed by atoms with Crippen molar-refractivity contribution >= 4 is 50.9 Å². The number of carbonyl (C=O) groups is 1. The molecule has 0 bridgehead atoms. The first-order chi connectivity index (χ1) is 21.6. The zero-order valence-electron chi connectivity index (χ0n) is 25.3. The number of nitrogens with zero attached hydrogens (tertiary/aromatic N) is 4. The number of hydrogen-bond acceptors (Lipinski definition) is 7. The summed E-state index contributed by atoms with van der Waals surface area (Å²) in [6.07, 6.45) is 3.20. The van der Waals surface area contributed by atoms with E-state index in [9.17, 15) is 4.79 Å². The maximum atomic E-state index is 12.4. The lowest BCUT2D eigenvalue weighted by molar-refractivity contribution is -0.137. The molecule has 0 saturated carbocycles. The summed E-state index contributed by atoms with van der Waals surface area (Å²) < 4.78 is 10.5. The number of anilines is 1. The van der Waals surface area contributed by atoms with E-state index < -0.39 is 5.97 Å². The Morgan fingerprint density at radius 1 is 0.909 bits per heavy atom. The normalized spacial score (nSPS) is 11.6. The van der Waals surface area contributed by atoms with E-state index in [-0.39, 0.29) is 0 Å². The van der Waals surface area contributed by atoms with Gasteiger partial charge in [-0.2, -0.15) is 0 Å². The molecule has 0 fully saturated rings. The summed E-state index contributed by atoms with van der Waals surface area (Å²) in [6.45, 7) is 7.73. The van der Waals surface area contributed by atoms with Crippen LogP contribution in [0.25, 0.3) is 38.7 Å². The fourth-order valence-electron chi connectivity index (χ4n) is 4.84. The fraction of sp³-hybridized carbons (Fsp3) is 0.200. The topological polar surface area (TPSA) is 88.9 Å². The van der Waals surface area contributed by atoms with Crippen LogP contribution in [0.3, 0.4) is 0 Å². The van der Waals surface area contributed by atoms with Gasteiger partial charge in [-0.25, -0.2) is 9.79 Å². The van der Waals surface area contributed by atoms with Crippen molar-refractivity contribution in [2.24, 2.45) is 4.99 Å². The highest BCUT2D eigenvalue weighted by Crippen LogP contribution is 2.46. The summed E-state index contributed by atoms with van der Waals surface area (Å²) in [5, 5.41) is 13.8. The highest BCUT2D eigenvalue weighted by Gasteiger charge is 2.23. The first-order valence-electron chi connectivity index (χ1n) is 14.6. The summed E-state index contributed by atoms with van der Waals surface area (Å²) in [7, 11) is 1.65. The minimum Gasteiger partial charge on any atom is -0.497 e. The van der Waals surface area contributed by atoms with E-state index >= 15 is 0 Å². The van der Waals surface area contributed by atoms with Gasteiger partial charge in [0.25, 0.3) is 0 Å². The highest BCUT2D eigenvalue weighted by atomic mass is 32.1. The third kappa shape index (κ3) is 6.79. The maximum Gasteiger partial charge on any atom is 0.330 e. The van der Waals surface area contributed by atoms with Crippen molar-refractivity contribution in [3.8, 4) is 28.1 Å². The summed E-state index contributed by atoms with van der Waals surface area (Å²) in [5.41, 5.74) is 5.19. The van der Waals surface area contributed by atoms with Crippen LogP contribution in [0.15, 0.2) is 96.0 Å². The molecule has 0 saturated heterocycles. The second-order valence-electron chi connectivity index (χ2n) is 9.70. The van der Waals surface area contributed by atoms with E-state index in [1.54, 1.807) is 20.1 Å². The lowest BCUT2D eigenvalue weighted by Gasteiger charge is -2.24. The van der Waals surface area contributed by atoms with Crippen LogP contribution in [0.4, 0.5) is 11.4 Å². The molecule has 5 rings (SSSR count). The number of thiophene rings is 1. The van der Waals surface area contributed by atoms with E-state index in [4.69, 9.17) is 19.6 Å². The van der Waals surface area contributed by atoms with Gasteiger partial charge in [0.1, 0.15) is 16.3 Å². The first-order valence-corrected chi connectivity index (χ1v) is 15.4. The minimum absolute atomic E-state index is 0.294. The number of ether oxygens (including phenoxy) is 2. The lowest BCUT2D eigenvalue weighted by atomic mass is 9.96. The smallest absolute Gasteiger partial charge is 0.330 e. The van der Waals surface area contributed by atoms with E-state index in [1.165, 1.54) is 17.4 Å². The van der Waals surface area contributed by atoms with Crippen molar-refractivity contribution in [2.45, 2.75) is 20.8 Å². The van der Waals surface area contributed by atoms with Crippen molar-refractivity contribution in [1.29, 1.82) is 0 Å². The zero-order valence-corrected chi connectivity index (χ0v) is 26.1. The number of nitrogens with one attached hydrogen (secondary N) is 1. The van der Waals surface area contributed by atoms with Crippen LogP contribution in [0.1, 0.15) is 25.6 Å². The first kappa shape index (κ1) is 30.4. The van der Waals surface area contributed by atoms with Crippen LogP contribution >= 0.6 is 11.3 Å². The van der Waals surface area contributed by atoms with Gasteiger partial charge in [0.2, 0.25) is 5.96 Å². The standard InChI is InChI=1S/C35H35N5O3S/c1-5-40(6-2)35(36-26-18-20-27(42-4)21-19-26)37-33-28(22-23-29(41)43-7-3)44-34-31(33)30(24-14-10-8-11-15-24)32(38-39-34)25-16-12-9-13-17-25/h8-23H,5-7H2,1-4H3,(H,36,37)/b23-22+. The quantitative estimate of drug-likeness (QED) is 0.0746. The largest absolute Gasteiger partial charge is 0.497 e. The molecule has 8 nitrogen and oxygen atoms in total. The summed E-state index contributed by atoms with van der Waals surface area (Å²) in [6, 6.07) is 27.9. The molecule has 2 heterocycles. The molecule has 2 aromatic heterocycles. The van der Waals surface area contributed by atoms with E-state index in [2.05, 4.69) is 41.3 Å². The summed E-state index contributed by atoms with van der Waals surface area (Å²) in [4.78, 5) is 21.3. The number of methoxy groups -OCH3 is 1. The van der Waals surface area contributed by atoms with Crippen LogP contribution in [0.2, 0.25) is 0 Å². The second-order valence-corrected chi connectivity index (χ2v) is 10.7. The van der Waals surface area contributed by atoms with Gasteiger partial charge in [0.15, 0.2) is 0 Å². The van der Waals surface area contributed by atoms with Crippen molar-refractivity contribution in [2.75, 3.05) is 32.1 Å². The van der Waals surface area contributed by atoms with E-state index in [0.29, 0.717) is 23.1 Å². The molecule has 0 amide bonds. The van der Waals surface area contributed by atoms with Crippen molar-refractivity contribution in [3.05, 3.63) is 95.9 Å². The molecule has 0 unspecified atom stereocenters. The summed E-state index contributed by atoms with van der Waals surface area (Å²) >= 11 is 1.44.